The number of hydrogen-bond acceptors (Lipinski definition) is 3. The Labute approximate surface area is 105 Å². The number of rotatable bonds is 4. The summed E-state index contributed by atoms with van der Waals surface area (Å²) >= 11 is 0. The van der Waals surface area contributed by atoms with Crippen molar-refractivity contribution in [3.05, 3.63) is 53.8 Å². The third-order valence-corrected chi connectivity index (χ3v) is 2.43. The van der Waals surface area contributed by atoms with E-state index in [1.807, 2.05) is 24.3 Å². The average molecular weight is 247 g/mol. The third kappa shape index (κ3) is 3.13. The lowest BCUT2D eigenvalue weighted by Gasteiger charge is -2.08. The first-order chi connectivity index (χ1) is 8.67. The van der Waals surface area contributed by atoms with E-state index in [0.717, 1.165) is 11.3 Å². The fourth-order valence-electron chi connectivity index (χ4n) is 1.60. The van der Waals surface area contributed by atoms with Crippen molar-refractivity contribution in [2.45, 2.75) is 6.61 Å². The van der Waals surface area contributed by atoms with E-state index in [4.69, 9.17) is 15.2 Å². The average Bonchev–Trinajstić information content (AvgIpc) is 2.35. The van der Waals surface area contributed by atoms with Gasteiger partial charge in [0.05, 0.1) is 7.11 Å². The highest BCUT2D eigenvalue weighted by Crippen LogP contribution is 2.20. The van der Waals surface area contributed by atoms with Crippen LogP contribution in [-0.2, 0) is 6.61 Å². The molecule has 0 aliphatic heterocycles. The lowest BCUT2D eigenvalue weighted by Crippen LogP contribution is -1.97. The second-order valence-electron chi connectivity index (χ2n) is 3.86. The molecule has 0 spiro atoms. The molecule has 0 aliphatic carbocycles. The molecule has 0 heterocycles. The van der Waals surface area contributed by atoms with Gasteiger partial charge in [-0.25, -0.2) is 4.39 Å². The van der Waals surface area contributed by atoms with E-state index in [1.54, 1.807) is 13.2 Å². The van der Waals surface area contributed by atoms with Crippen LogP contribution in [0.3, 0.4) is 0 Å². The maximum Gasteiger partial charge on any atom is 0.128 e. The van der Waals surface area contributed by atoms with E-state index in [-0.39, 0.29) is 0 Å². The minimum absolute atomic E-state index is 0.333. The van der Waals surface area contributed by atoms with Crippen molar-refractivity contribution < 1.29 is 13.9 Å². The van der Waals surface area contributed by atoms with Crippen LogP contribution in [0.2, 0.25) is 0 Å². The largest absolute Gasteiger partial charge is 0.497 e. The van der Waals surface area contributed by atoms with Crippen molar-refractivity contribution in [1.82, 2.24) is 0 Å². The van der Waals surface area contributed by atoms with Crippen LogP contribution in [0.1, 0.15) is 5.56 Å². The maximum atomic E-state index is 13.1. The Hall–Kier alpha value is -2.23. The second-order valence-corrected chi connectivity index (χ2v) is 3.86. The van der Waals surface area contributed by atoms with Crippen molar-refractivity contribution in [3.8, 4) is 11.5 Å². The summed E-state index contributed by atoms with van der Waals surface area (Å²) in [6.07, 6.45) is 0. The first kappa shape index (κ1) is 12.2. The summed E-state index contributed by atoms with van der Waals surface area (Å²) < 4.78 is 23.7. The molecule has 18 heavy (non-hydrogen) atoms. The molecule has 0 saturated carbocycles. The SMILES string of the molecule is COc1cccc(COc2cc(N)cc(F)c2)c1. The molecule has 0 atom stereocenters. The molecule has 2 aromatic rings. The number of ether oxygens (including phenoxy) is 2. The molecule has 0 aliphatic rings. The van der Waals surface area contributed by atoms with Gasteiger partial charge in [-0.15, -0.1) is 0 Å². The van der Waals surface area contributed by atoms with Crippen LogP contribution < -0.4 is 15.2 Å². The predicted octanol–water partition coefficient (Wildman–Crippen LogP) is 3.00. The molecule has 94 valence electrons. The van der Waals surface area contributed by atoms with Crippen molar-refractivity contribution in [1.29, 1.82) is 0 Å². The van der Waals surface area contributed by atoms with Crippen molar-refractivity contribution in [3.63, 3.8) is 0 Å². The number of benzene rings is 2. The monoisotopic (exact) mass is 247 g/mol. The summed E-state index contributed by atoms with van der Waals surface area (Å²) in [7, 11) is 1.60. The minimum Gasteiger partial charge on any atom is -0.497 e. The fraction of sp³-hybridized carbons (Fsp3) is 0.143. The van der Waals surface area contributed by atoms with Crippen molar-refractivity contribution in [2.75, 3.05) is 12.8 Å². The first-order valence-corrected chi connectivity index (χ1v) is 5.49. The van der Waals surface area contributed by atoms with Gasteiger partial charge in [0, 0.05) is 17.8 Å². The predicted molar refractivity (Wildman–Crippen MR) is 68.1 cm³/mol. The van der Waals surface area contributed by atoms with Gasteiger partial charge in [0.25, 0.3) is 0 Å². The standard InChI is InChI=1S/C14H14FNO2/c1-17-13-4-2-3-10(5-13)9-18-14-7-11(15)6-12(16)8-14/h2-8H,9,16H2,1H3. The van der Waals surface area contributed by atoms with E-state index in [0.29, 0.717) is 18.0 Å². The number of anilines is 1. The van der Waals surface area contributed by atoms with Gasteiger partial charge in [-0.2, -0.15) is 0 Å². The van der Waals surface area contributed by atoms with Gasteiger partial charge in [-0.3, -0.25) is 0 Å². The zero-order valence-electron chi connectivity index (χ0n) is 10.0. The van der Waals surface area contributed by atoms with Crippen LogP contribution in [0.25, 0.3) is 0 Å². The lowest BCUT2D eigenvalue weighted by atomic mass is 10.2. The Kier molecular flexibility index (Phi) is 3.67. The van der Waals surface area contributed by atoms with Gasteiger partial charge in [0.1, 0.15) is 23.9 Å². The molecule has 0 unspecified atom stereocenters. The topological polar surface area (TPSA) is 44.5 Å². The summed E-state index contributed by atoms with van der Waals surface area (Å²) in [5.74, 6) is 0.765. The van der Waals surface area contributed by atoms with Crippen LogP contribution in [-0.4, -0.2) is 7.11 Å². The van der Waals surface area contributed by atoms with Crippen LogP contribution in [0.4, 0.5) is 10.1 Å². The molecule has 3 nitrogen and oxygen atoms in total. The highest BCUT2D eigenvalue weighted by Gasteiger charge is 2.01. The zero-order valence-corrected chi connectivity index (χ0v) is 10.0. The van der Waals surface area contributed by atoms with Crippen molar-refractivity contribution >= 4 is 5.69 Å². The molecule has 4 heteroatoms. The molecule has 0 fully saturated rings. The van der Waals surface area contributed by atoms with Gasteiger partial charge in [-0.1, -0.05) is 12.1 Å². The van der Waals surface area contributed by atoms with Gasteiger partial charge in [-0.05, 0) is 23.8 Å². The van der Waals surface area contributed by atoms with Crippen LogP contribution in [0.5, 0.6) is 11.5 Å². The number of hydrogen-bond donors (Lipinski definition) is 1. The summed E-state index contributed by atoms with van der Waals surface area (Å²) in [4.78, 5) is 0. The summed E-state index contributed by atoms with van der Waals surface area (Å²) in [6, 6.07) is 11.6. The number of methoxy groups -OCH3 is 1. The Bertz CT molecular complexity index is 523. The van der Waals surface area contributed by atoms with Crippen LogP contribution in [0, 0.1) is 5.82 Å². The molecule has 0 amide bonds. The summed E-state index contributed by atoms with van der Waals surface area (Å²) in [5, 5.41) is 0. The normalized spacial score (nSPS) is 10.1. The van der Waals surface area contributed by atoms with E-state index in [9.17, 15) is 4.39 Å². The lowest BCUT2D eigenvalue weighted by molar-refractivity contribution is 0.304. The molecular formula is C14H14FNO2. The molecule has 0 bridgehead atoms. The van der Waals surface area contributed by atoms with Crippen molar-refractivity contribution in [2.24, 2.45) is 0 Å². The molecule has 0 radical (unpaired) electrons. The minimum atomic E-state index is -0.407. The second kappa shape index (κ2) is 5.40. The van der Waals surface area contributed by atoms with E-state index >= 15 is 0 Å². The van der Waals surface area contributed by atoms with Crippen LogP contribution >= 0.6 is 0 Å². The Morgan fingerprint density at radius 2 is 1.94 bits per heavy atom. The summed E-state index contributed by atoms with van der Waals surface area (Å²) in [5.41, 5.74) is 6.82. The number of nitrogens with two attached hydrogens (primary N) is 1. The maximum absolute atomic E-state index is 13.1. The van der Waals surface area contributed by atoms with Crippen LogP contribution in [0.15, 0.2) is 42.5 Å². The molecule has 0 aromatic heterocycles. The Morgan fingerprint density at radius 3 is 2.67 bits per heavy atom. The van der Waals surface area contributed by atoms with E-state index in [1.165, 1.54) is 12.1 Å². The van der Waals surface area contributed by atoms with Gasteiger partial charge >= 0.3 is 0 Å². The quantitative estimate of drug-likeness (QED) is 0.845. The number of nitrogen functional groups attached to an aromatic ring is 1. The Morgan fingerprint density at radius 1 is 1.11 bits per heavy atom. The Balaban J connectivity index is 2.06. The molecule has 2 N–H and O–H groups in total. The smallest absolute Gasteiger partial charge is 0.128 e. The number of halogens is 1. The third-order valence-electron chi connectivity index (χ3n) is 2.43. The molecule has 0 saturated heterocycles. The van der Waals surface area contributed by atoms with Gasteiger partial charge in [0.15, 0.2) is 0 Å². The fourth-order valence-corrected chi connectivity index (χ4v) is 1.60. The highest BCUT2D eigenvalue weighted by atomic mass is 19.1. The highest BCUT2D eigenvalue weighted by molar-refractivity contribution is 5.44. The first-order valence-electron chi connectivity index (χ1n) is 5.49. The molecule has 2 rings (SSSR count). The molecular weight excluding hydrogens is 233 g/mol. The molecule has 2 aromatic carbocycles. The van der Waals surface area contributed by atoms with Gasteiger partial charge < -0.3 is 15.2 Å². The zero-order chi connectivity index (χ0) is 13.0. The van der Waals surface area contributed by atoms with E-state index < -0.39 is 5.82 Å². The summed E-state index contributed by atoms with van der Waals surface area (Å²) in [6.45, 7) is 0.333. The van der Waals surface area contributed by atoms with Gasteiger partial charge in [0.2, 0.25) is 0 Å². The van der Waals surface area contributed by atoms with E-state index in [2.05, 4.69) is 0 Å².